The van der Waals surface area contributed by atoms with Crippen molar-refractivity contribution in [3.63, 3.8) is 0 Å². The fourth-order valence-corrected chi connectivity index (χ4v) is 2.29. The normalized spacial score (nSPS) is 10.4. The average molecular weight is 245 g/mol. The fraction of sp³-hybridized carbons (Fsp3) is 0.111. The minimum atomic E-state index is 0.474. The molecule has 0 amide bonds. The maximum atomic E-state index is 5.98. The first-order valence-electron chi connectivity index (χ1n) is 3.93. The van der Waals surface area contributed by atoms with Gasteiger partial charge in [0.1, 0.15) is 10.7 Å². The highest BCUT2D eigenvalue weighted by Crippen LogP contribution is 2.29. The van der Waals surface area contributed by atoms with Crippen LogP contribution in [0, 0.1) is 0 Å². The van der Waals surface area contributed by atoms with E-state index in [0.29, 0.717) is 10.9 Å². The molecule has 72 valence electrons. The number of alkyl halides is 1. The molecule has 2 rings (SSSR count). The van der Waals surface area contributed by atoms with Crippen molar-refractivity contribution in [1.29, 1.82) is 0 Å². The largest absolute Gasteiger partial charge is 0.252 e. The quantitative estimate of drug-likeness (QED) is 0.755. The fourth-order valence-electron chi connectivity index (χ4n) is 1.02. The number of aromatic nitrogens is 2. The van der Waals surface area contributed by atoms with Crippen LogP contribution in [-0.2, 0) is 5.88 Å². The molecule has 0 aliphatic rings. The first-order chi connectivity index (χ1) is 6.81. The van der Waals surface area contributed by atoms with Crippen molar-refractivity contribution in [2.45, 2.75) is 5.88 Å². The van der Waals surface area contributed by atoms with Crippen molar-refractivity contribution in [3.05, 3.63) is 34.4 Å². The van der Waals surface area contributed by atoms with Crippen LogP contribution in [-0.4, -0.2) is 9.97 Å². The number of halogens is 2. The van der Waals surface area contributed by atoms with Gasteiger partial charge in [0.05, 0.1) is 10.9 Å². The molecular weight excluding hydrogens is 239 g/mol. The van der Waals surface area contributed by atoms with Crippen molar-refractivity contribution >= 4 is 34.5 Å². The Bertz CT molecular complexity index is 442. The predicted octanol–water partition coefficient (Wildman–Crippen LogP) is 3.60. The van der Waals surface area contributed by atoms with Gasteiger partial charge in [0, 0.05) is 17.3 Å². The van der Waals surface area contributed by atoms with Gasteiger partial charge in [-0.2, -0.15) is 0 Å². The van der Waals surface area contributed by atoms with Gasteiger partial charge in [-0.3, -0.25) is 4.98 Å². The monoisotopic (exact) mass is 244 g/mol. The second-order valence-electron chi connectivity index (χ2n) is 2.60. The minimum absolute atomic E-state index is 0.474. The number of nitrogens with zero attached hydrogens (tertiary/aromatic N) is 2. The molecule has 2 nitrogen and oxygen atoms in total. The van der Waals surface area contributed by atoms with E-state index in [2.05, 4.69) is 9.97 Å². The number of rotatable bonds is 2. The molecule has 5 heteroatoms. The van der Waals surface area contributed by atoms with Crippen molar-refractivity contribution in [3.8, 4) is 10.7 Å². The van der Waals surface area contributed by atoms with E-state index in [1.165, 1.54) is 11.3 Å². The first-order valence-corrected chi connectivity index (χ1v) is 5.65. The van der Waals surface area contributed by atoms with Gasteiger partial charge in [-0.1, -0.05) is 11.6 Å². The van der Waals surface area contributed by atoms with Crippen LogP contribution >= 0.6 is 34.5 Å². The van der Waals surface area contributed by atoms with Gasteiger partial charge in [-0.05, 0) is 12.1 Å². The molecule has 0 aliphatic carbocycles. The van der Waals surface area contributed by atoms with Crippen LogP contribution in [0.4, 0.5) is 0 Å². The summed E-state index contributed by atoms with van der Waals surface area (Å²) in [5.41, 5.74) is 0.718. The first kappa shape index (κ1) is 9.90. The lowest BCUT2D eigenvalue weighted by Crippen LogP contribution is -1.81. The maximum absolute atomic E-state index is 5.98. The highest BCUT2D eigenvalue weighted by atomic mass is 35.5. The average Bonchev–Trinajstić information content (AvgIpc) is 2.67. The zero-order valence-electron chi connectivity index (χ0n) is 7.08. The van der Waals surface area contributed by atoms with Gasteiger partial charge >= 0.3 is 0 Å². The van der Waals surface area contributed by atoms with Crippen molar-refractivity contribution in [2.24, 2.45) is 0 Å². The zero-order valence-corrected chi connectivity index (χ0v) is 9.40. The van der Waals surface area contributed by atoms with E-state index in [9.17, 15) is 0 Å². The van der Waals surface area contributed by atoms with E-state index >= 15 is 0 Å². The molecule has 0 N–H and O–H groups in total. The molecule has 0 saturated carbocycles. The molecule has 0 atom stereocenters. The third-order valence-electron chi connectivity index (χ3n) is 1.65. The Morgan fingerprint density at radius 2 is 2.21 bits per heavy atom. The van der Waals surface area contributed by atoms with E-state index in [4.69, 9.17) is 23.2 Å². The third-order valence-corrected chi connectivity index (χ3v) is 3.40. The summed E-state index contributed by atoms with van der Waals surface area (Å²) in [6.07, 6.45) is 3.45. The molecule has 0 aliphatic heterocycles. The molecule has 0 fully saturated rings. The van der Waals surface area contributed by atoms with Gasteiger partial charge in [0.25, 0.3) is 0 Å². The predicted molar refractivity (Wildman–Crippen MR) is 59.9 cm³/mol. The van der Waals surface area contributed by atoms with Crippen molar-refractivity contribution < 1.29 is 0 Å². The number of hydrogen-bond donors (Lipinski definition) is 0. The molecule has 0 radical (unpaired) electrons. The van der Waals surface area contributed by atoms with Crippen LogP contribution < -0.4 is 0 Å². The van der Waals surface area contributed by atoms with E-state index in [1.54, 1.807) is 24.5 Å². The Labute approximate surface area is 95.5 Å². The summed E-state index contributed by atoms with van der Waals surface area (Å²) in [6, 6.07) is 3.59. The zero-order chi connectivity index (χ0) is 9.97. The van der Waals surface area contributed by atoms with E-state index in [0.717, 1.165) is 15.6 Å². The summed E-state index contributed by atoms with van der Waals surface area (Å²) >= 11 is 13.2. The lowest BCUT2D eigenvalue weighted by Gasteiger charge is -1.96. The van der Waals surface area contributed by atoms with E-state index in [-0.39, 0.29) is 0 Å². The maximum Gasteiger partial charge on any atom is 0.143 e. The SMILES string of the molecule is ClCc1cnc(-c2ncccc2Cl)s1. The lowest BCUT2D eigenvalue weighted by atomic mass is 10.4. The van der Waals surface area contributed by atoms with Crippen LogP contribution in [0.15, 0.2) is 24.5 Å². The molecule has 2 aromatic heterocycles. The van der Waals surface area contributed by atoms with Crippen LogP contribution in [0.3, 0.4) is 0 Å². The molecule has 2 aromatic rings. The van der Waals surface area contributed by atoms with Gasteiger partial charge in [0.15, 0.2) is 0 Å². The molecular formula is C9H6Cl2N2S. The smallest absolute Gasteiger partial charge is 0.143 e. The molecule has 2 heterocycles. The summed E-state index contributed by atoms with van der Waals surface area (Å²) < 4.78 is 0. The molecule has 0 aromatic carbocycles. The third kappa shape index (κ3) is 1.90. The molecule has 14 heavy (non-hydrogen) atoms. The summed E-state index contributed by atoms with van der Waals surface area (Å²) in [6.45, 7) is 0. The minimum Gasteiger partial charge on any atom is -0.252 e. The number of hydrogen-bond acceptors (Lipinski definition) is 3. The Kier molecular flexibility index (Phi) is 3.01. The molecule has 0 unspecified atom stereocenters. The molecule has 0 saturated heterocycles. The lowest BCUT2D eigenvalue weighted by molar-refractivity contribution is 1.28. The second kappa shape index (κ2) is 4.26. The summed E-state index contributed by atoms with van der Waals surface area (Å²) in [7, 11) is 0. The Balaban J connectivity index is 2.44. The molecule has 0 bridgehead atoms. The number of pyridine rings is 1. The van der Waals surface area contributed by atoms with Crippen LogP contribution in [0.5, 0.6) is 0 Å². The van der Waals surface area contributed by atoms with Gasteiger partial charge in [-0.15, -0.1) is 22.9 Å². The summed E-state index contributed by atoms with van der Waals surface area (Å²) in [5.74, 6) is 0.474. The van der Waals surface area contributed by atoms with Crippen LogP contribution in [0.1, 0.15) is 4.88 Å². The van der Waals surface area contributed by atoms with E-state index < -0.39 is 0 Å². The molecule has 0 spiro atoms. The van der Waals surface area contributed by atoms with Crippen molar-refractivity contribution in [1.82, 2.24) is 9.97 Å². The van der Waals surface area contributed by atoms with Crippen LogP contribution in [0.2, 0.25) is 5.02 Å². The van der Waals surface area contributed by atoms with Crippen LogP contribution in [0.25, 0.3) is 10.7 Å². The van der Waals surface area contributed by atoms with Gasteiger partial charge in [-0.25, -0.2) is 4.98 Å². The summed E-state index contributed by atoms with van der Waals surface area (Å²) in [5, 5.41) is 1.43. The summed E-state index contributed by atoms with van der Waals surface area (Å²) in [4.78, 5) is 9.39. The van der Waals surface area contributed by atoms with Crippen molar-refractivity contribution in [2.75, 3.05) is 0 Å². The highest BCUT2D eigenvalue weighted by molar-refractivity contribution is 7.15. The van der Waals surface area contributed by atoms with Gasteiger partial charge in [0.2, 0.25) is 0 Å². The Morgan fingerprint density at radius 3 is 2.86 bits per heavy atom. The van der Waals surface area contributed by atoms with E-state index in [1.807, 2.05) is 0 Å². The topological polar surface area (TPSA) is 25.8 Å². The second-order valence-corrected chi connectivity index (χ2v) is 4.39. The standard InChI is InChI=1S/C9H6Cl2N2S/c10-4-6-5-13-9(14-6)8-7(11)2-1-3-12-8/h1-3,5H,4H2. The van der Waals surface area contributed by atoms with Gasteiger partial charge < -0.3 is 0 Å². The number of thiazole rings is 1. The highest BCUT2D eigenvalue weighted by Gasteiger charge is 2.08. The Morgan fingerprint density at radius 1 is 1.36 bits per heavy atom. The Hall–Kier alpha value is -0.640.